The Morgan fingerprint density at radius 1 is 0.394 bits per heavy atom. The van der Waals surface area contributed by atoms with Gasteiger partial charge in [-0.25, -0.2) is 0 Å². The van der Waals surface area contributed by atoms with E-state index in [4.69, 9.17) is 0 Å². The molecule has 0 radical (unpaired) electrons. The summed E-state index contributed by atoms with van der Waals surface area (Å²) < 4.78 is 4.71. The van der Waals surface area contributed by atoms with Gasteiger partial charge in [-0.15, -0.1) is 0 Å². The van der Waals surface area contributed by atoms with E-state index in [1.54, 1.807) is 45.3 Å². The lowest BCUT2D eigenvalue weighted by molar-refractivity contribution is 1.41. The van der Waals surface area contributed by atoms with Gasteiger partial charge in [0.1, 0.15) is 0 Å². The largest absolute Gasteiger partial charge is 0.152 e. The van der Waals surface area contributed by atoms with Gasteiger partial charge in [0.2, 0.25) is 0 Å². The van der Waals surface area contributed by atoms with Crippen LogP contribution in [0, 0.1) is 27.7 Å². The van der Waals surface area contributed by atoms with Crippen molar-refractivity contribution in [1.82, 2.24) is 0 Å². The highest BCUT2D eigenvalue weighted by molar-refractivity contribution is 9.13. The summed E-state index contributed by atoms with van der Waals surface area (Å²) in [5, 5.41) is 16.8. The fourth-order valence-corrected chi connectivity index (χ4v) is 6.56. The van der Waals surface area contributed by atoms with Crippen LogP contribution in [0.25, 0.3) is 0 Å². The van der Waals surface area contributed by atoms with Gasteiger partial charge >= 0.3 is 0 Å². The summed E-state index contributed by atoms with van der Waals surface area (Å²) in [5.74, 6) is 3.62. The van der Waals surface area contributed by atoms with E-state index in [1.165, 1.54) is 31.2 Å². The standard InChI is InChI=1S/C6H8S.2C5H5BrS.C4H2Br2S.2CH3Br.CH4/c1-5-3-7-4-6(5)2;2*1-4-2-7-3-5(4)6;5-3-1-7-2-4(3)6;2*1-2;/h3-4H,1-2H3;2*2-3H,1H3;1-2H;2*1H3;1H4. The molecule has 0 nitrogen and oxygen atoms in total. The van der Waals surface area contributed by atoms with Crippen LogP contribution in [0.2, 0.25) is 0 Å². The van der Waals surface area contributed by atoms with E-state index in [1.807, 2.05) is 22.4 Å². The normalized spacial score (nSPS) is 8.36. The molecule has 0 N–H and O–H groups in total. The number of alkyl halides is 2. The molecule has 0 saturated heterocycles. The van der Waals surface area contributed by atoms with Crippen molar-refractivity contribution in [2.75, 3.05) is 11.7 Å². The van der Waals surface area contributed by atoms with Gasteiger partial charge in [-0.05, 0) is 147 Å². The molecule has 188 valence electrons. The molecule has 0 bridgehead atoms. The lowest BCUT2D eigenvalue weighted by atomic mass is 10.2. The summed E-state index contributed by atoms with van der Waals surface area (Å²) in [6, 6.07) is 0. The zero-order valence-corrected chi connectivity index (χ0v) is 31.3. The van der Waals surface area contributed by atoms with Crippen molar-refractivity contribution in [3.05, 3.63) is 83.2 Å². The van der Waals surface area contributed by atoms with E-state index in [9.17, 15) is 0 Å². The molecule has 10 heteroatoms. The average molecular weight is 914 g/mol. The van der Waals surface area contributed by atoms with Crippen LogP contribution in [0.3, 0.4) is 0 Å². The quantitative estimate of drug-likeness (QED) is 0.154. The van der Waals surface area contributed by atoms with E-state index >= 15 is 0 Å². The zero-order chi connectivity index (χ0) is 25.1. The number of hydrogen-bond donors (Lipinski definition) is 0. The van der Waals surface area contributed by atoms with Crippen molar-refractivity contribution in [2.45, 2.75) is 35.1 Å². The molecule has 0 aliphatic rings. The summed E-state index contributed by atoms with van der Waals surface area (Å²) in [5.41, 5.74) is 5.46. The summed E-state index contributed by atoms with van der Waals surface area (Å²) >= 11 is 26.2. The second-order valence-electron chi connectivity index (χ2n) is 5.61. The van der Waals surface area contributed by atoms with Gasteiger partial charge in [0.15, 0.2) is 0 Å². The van der Waals surface area contributed by atoms with Gasteiger partial charge in [0.25, 0.3) is 0 Å². The number of halogens is 6. The minimum atomic E-state index is 0. The smallest absolute Gasteiger partial charge is 0.0424 e. The third-order valence-electron chi connectivity index (χ3n) is 3.27. The predicted molar refractivity (Wildman–Crippen MR) is 183 cm³/mol. The molecule has 4 heterocycles. The second-order valence-corrected chi connectivity index (χ2v) is 12.0. The molecule has 4 rings (SSSR count). The van der Waals surface area contributed by atoms with Crippen LogP contribution >= 0.6 is 141 Å². The first-order valence-corrected chi connectivity index (χ1v) is 18.8. The van der Waals surface area contributed by atoms with Gasteiger partial charge < -0.3 is 0 Å². The van der Waals surface area contributed by atoms with Crippen molar-refractivity contribution < 1.29 is 0 Å². The van der Waals surface area contributed by atoms with Crippen molar-refractivity contribution >= 4 is 141 Å². The number of rotatable bonds is 0. The van der Waals surface area contributed by atoms with E-state index in [0.717, 1.165) is 8.95 Å². The Hall–Kier alpha value is 1.68. The Labute approximate surface area is 267 Å². The zero-order valence-electron chi connectivity index (χ0n) is 18.5. The number of aryl methyl sites for hydroxylation is 4. The van der Waals surface area contributed by atoms with Gasteiger partial charge in [-0.3, -0.25) is 0 Å². The molecule has 0 saturated carbocycles. The van der Waals surface area contributed by atoms with Crippen LogP contribution in [0.15, 0.2) is 60.9 Å². The molecule has 0 aliphatic carbocycles. The third kappa shape index (κ3) is 19.5. The monoisotopic (exact) mass is 908 g/mol. The molecule has 0 fully saturated rings. The molecule has 4 aromatic heterocycles. The van der Waals surface area contributed by atoms with Crippen LogP contribution in [0.4, 0.5) is 0 Å². The third-order valence-corrected chi connectivity index (χ3v) is 11.5. The van der Waals surface area contributed by atoms with Crippen LogP contribution in [-0.4, -0.2) is 11.7 Å². The topological polar surface area (TPSA) is 0 Å². The Kier molecular flexibility index (Phi) is 30.1. The SMILES string of the molecule is Brc1cscc1Br.C.CBr.CBr.Cc1cscc1Br.Cc1cscc1Br.Cc1cscc1C. The van der Waals surface area contributed by atoms with Crippen molar-refractivity contribution in [3.8, 4) is 0 Å². The minimum Gasteiger partial charge on any atom is -0.152 e. The van der Waals surface area contributed by atoms with E-state index in [2.05, 4.69) is 156 Å². The molecular weight excluding hydrogens is 884 g/mol. The Balaban J connectivity index is -0.000000342. The Bertz CT molecular complexity index is 721. The van der Waals surface area contributed by atoms with Gasteiger partial charge in [0.05, 0.1) is 0 Å². The van der Waals surface area contributed by atoms with Gasteiger partial charge in [-0.2, -0.15) is 45.3 Å². The first-order chi connectivity index (χ1) is 15.2. The lowest BCUT2D eigenvalue weighted by Gasteiger charge is -1.79. The van der Waals surface area contributed by atoms with E-state index in [-0.39, 0.29) is 7.43 Å². The maximum Gasteiger partial charge on any atom is 0.0424 e. The summed E-state index contributed by atoms with van der Waals surface area (Å²) in [6.45, 7) is 8.43. The average Bonchev–Trinajstić information content (AvgIpc) is 3.57. The first-order valence-electron chi connectivity index (χ1n) is 8.71. The molecule has 0 aliphatic heterocycles. The van der Waals surface area contributed by atoms with E-state index in [0.29, 0.717) is 0 Å². The minimum absolute atomic E-state index is 0. The van der Waals surface area contributed by atoms with Crippen LogP contribution in [0.1, 0.15) is 29.7 Å². The summed E-state index contributed by atoms with van der Waals surface area (Å²) in [4.78, 5) is 0. The maximum absolute atomic E-state index is 3.38. The summed E-state index contributed by atoms with van der Waals surface area (Å²) in [7, 11) is 0. The van der Waals surface area contributed by atoms with Crippen LogP contribution < -0.4 is 0 Å². The summed E-state index contributed by atoms with van der Waals surface area (Å²) in [6.07, 6.45) is 0. The van der Waals surface area contributed by atoms with Crippen molar-refractivity contribution in [1.29, 1.82) is 0 Å². The fourth-order valence-electron chi connectivity index (χ4n) is 1.38. The first kappa shape index (κ1) is 39.2. The van der Waals surface area contributed by atoms with Crippen molar-refractivity contribution in [3.63, 3.8) is 0 Å². The Morgan fingerprint density at radius 3 is 0.697 bits per heavy atom. The lowest BCUT2D eigenvalue weighted by Crippen LogP contribution is -1.63. The Morgan fingerprint density at radius 2 is 0.606 bits per heavy atom. The molecule has 0 unspecified atom stereocenters. The molecule has 4 aromatic rings. The highest BCUT2D eigenvalue weighted by Gasteiger charge is 1.91. The predicted octanol–water partition coefficient (Wildman–Crippen LogP) is 13.9. The van der Waals surface area contributed by atoms with E-state index < -0.39 is 0 Å². The molecule has 33 heavy (non-hydrogen) atoms. The molecule has 0 spiro atoms. The maximum atomic E-state index is 3.38. The fraction of sp³-hybridized carbons (Fsp3) is 0.304. The number of thiophene rings is 4. The molecule has 0 atom stereocenters. The highest BCUT2D eigenvalue weighted by atomic mass is 79.9. The van der Waals surface area contributed by atoms with Gasteiger partial charge in [-0.1, -0.05) is 39.3 Å². The second kappa shape index (κ2) is 25.3. The molecule has 0 amide bonds. The van der Waals surface area contributed by atoms with Crippen LogP contribution in [-0.2, 0) is 0 Å². The number of hydrogen-bond acceptors (Lipinski definition) is 4. The highest BCUT2D eigenvalue weighted by Crippen LogP contribution is 2.26. The molecular formula is C23H30Br6S4. The van der Waals surface area contributed by atoms with Crippen LogP contribution in [0.5, 0.6) is 0 Å². The molecule has 0 aromatic carbocycles. The van der Waals surface area contributed by atoms with Crippen molar-refractivity contribution in [2.24, 2.45) is 0 Å². The van der Waals surface area contributed by atoms with Gasteiger partial charge in [0, 0.05) is 39.4 Å².